The Morgan fingerprint density at radius 2 is 1.82 bits per heavy atom. The third-order valence-corrected chi connectivity index (χ3v) is 7.70. The number of amides is 2. The van der Waals surface area contributed by atoms with Gasteiger partial charge in [-0.2, -0.15) is 5.10 Å². The van der Waals surface area contributed by atoms with Crippen LogP contribution < -0.4 is 15.8 Å². The molecule has 2 amide bonds. The van der Waals surface area contributed by atoms with Crippen LogP contribution >= 0.6 is 0 Å². The number of anilines is 1. The molecule has 0 unspecified atom stereocenters. The number of nitrogens with one attached hydrogen (secondary N) is 2. The number of nitrogens with two attached hydrogens (primary N) is 1. The minimum atomic E-state index is -0.523. The number of carbonyl (C=O) groups excluding carboxylic acids is 2. The predicted molar refractivity (Wildman–Crippen MR) is 167 cm³/mol. The number of aromatic nitrogens is 4. The smallest absolute Gasteiger partial charge is 0.255 e. The van der Waals surface area contributed by atoms with Crippen molar-refractivity contribution in [1.29, 1.82) is 0 Å². The van der Waals surface area contributed by atoms with E-state index in [1.807, 2.05) is 38.1 Å². The maximum atomic E-state index is 13.7. The second-order valence-electron chi connectivity index (χ2n) is 11.0. The lowest BCUT2D eigenvalue weighted by atomic mass is 10.0. The molecule has 1 aliphatic rings. The zero-order chi connectivity index (χ0) is 31.7. The van der Waals surface area contributed by atoms with E-state index in [9.17, 15) is 14.0 Å². The van der Waals surface area contributed by atoms with Crippen LogP contribution in [0.15, 0.2) is 67.0 Å². The fourth-order valence-corrected chi connectivity index (χ4v) is 5.58. The zero-order valence-corrected chi connectivity index (χ0v) is 25.0. The highest BCUT2D eigenvalue weighted by Crippen LogP contribution is 2.35. The van der Waals surface area contributed by atoms with E-state index >= 15 is 0 Å². The minimum Gasteiger partial charge on any atom is -0.496 e. The molecule has 6 rings (SSSR count). The van der Waals surface area contributed by atoms with Gasteiger partial charge in [0.25, 0.3) is 11.8 Å². The van der Waals surface area contributed by atoms with Crippen molar-refractivity contribution in [3.8, 4) is 28.3 Å². The predicted octanol–water partition coefficient (Wildman–Crippen LogP) is 4.60. The van der Waals surface area contributed by atoms with E-state index in [1.54, 1.807) is 29.4 Å². The van der Waals surface area contributed by atoms with Crippen molar-refractivity contribution in [1.82, 2.24) is 30.4 Å². The number of nitrogens with zero attached hydrogens (tertiary/aromatic N) is 4. The van der Waals surface area contributed by atoms with Gasteiger partial charge in [-0.3, -0.25) is 24.7 Å². The Morgan fingerprint density at radius 1 is 1.07 bits per heavy atom. The highest BCUT2D eigenvalue weighted by atomic mass is 19.1. The van der Waals surface area contributed by atoms with Gasteiger partial charge in [0, 0.05) is 43.2 Å². The number of nitrogen functional groups attached to an aromatic ring is 1. The Hall–Kier alpha value is -5.36. The first-order valence-electron chi connectivity index (χ1n) is 14.5. The van der Waals surface area contributed by atoms with Crippen LogP contribution in [0.2, 0.25) is 0 Å². The molecule has 12 heteroatoms. The average molecular weight is 610 g/mol. The van der Waals surface area contributed by atoms with Gasteiger partial charge >= 0.3 is 0 Å². The van der Waals surface area contributed by atoms with Gasteiger partial charge in [0.05, 0.1) is 52.7 Å². The molecule has 1 saturated heterocycles. The number of halogens is 1. The van der Waals surface area contributed by atoms with Gasteiger partial charge in [-0.15, -0.1) is 0 Å². The molecule has 1 aliphatic heterocycles. The summed E-state index contributed by atoms with van der Waals surface area (Å²) in [5.41, 5.74) is 11.1. The highest BCUT2D eigenvalue weighted by Gasteiger charge is 2.27. The van der Waals surface area contributed by atoms with Crippen molar-refractivity contribution in [2.75, 3.05) is 25.9 Å². The first kappa shape index (κ1) is 29.7. The first-order valence-corrected chi connectivity index (χ1v) is 14.5. The van der Waals surface area contributed by atoms with Crippen LogP contribution in [0.25, 0.3) is 33.4 Å². The Morgan fingerprint density at radius 3 is 2.51 bits per heavy atom. The molecule has 0 aliphatic carbocycles. The third kappa shape index (κ3) is 6.04. The van der Waals surface area contributed by atoms with Crippen LogP contribution in [0, 0.1) is 5.82 Å². The van der Waals surface area contributed by atoms with E-state index in [-0.39, 0.29) is 41.8 Å². The molecular weight excluding hydrogens is 577 g/mol. The van der Waals surface area contributed by atoms with Crippen molar-refractivity contribution in [3.05, 3.63) is 89.5 Å². The maximum absolute atomic E-state index is 13.7. The van der Waals surface area contributed by atoms with Crippen LogP contribution in [0.3, 0.4) is 0 Å². The molecule has 2 atom stereocenters. The Labute approximate surface area is 258 Å². The van der Waals surface area contributed by atoms with E-state index < -0.39 is 11.7 Å². The van der Waals surface area contributed by atoms with Crippen molar-refractivity contribution < 1.29 is 23.5 Å². The molecule has 5 aromatic rings. The van der Waals surface area contributed by atoms with E-state index in [2.05, 4.69) is 20.5 Å². The second kappa shape index (κ2) is 12.3. The summed E-state index contributed by atoms with van der Waals surface area (Å²) in [6.07, 6.45) is 3.22. The number of ether oxygens (including phenoxy) is 2. The molecule has 45 heavy (non-hydrogen) atoms. The van der Waals surface area contributed by atoms with Gasteiger partial charge in [0.15, 0.2) is 5.82 Å². The van der Waals surface area contributed by atoms with E-state index in [4.69, 9.17) is 20.2 Å². The van der Waals surface area contributed by atoms with Crippen LogP contribution in [-0.4, -0.2) is 69.3 Å². The minimum absolute atomic E-state index is 0.0258. The number of carbonyl (C=O) groups is 2. The van der Waals surface area contributed by atoms with E-state index in [0.29, 0.717) is 46.5 Å². The fraction of sp³-hybridized carbons (Fsp3) is 0.242. The molecule has 0 saturated carbocycles. The molecule has 11 nitrogen and oxygen atoms in total. The molecule has 0 spiro atoms. The van der Waals surface area contributed by atoms with Crippen LogP contribution in [0.4, 0.5) is 10.2 Å². The van der Waals surface area contributed by atoms with Crippen molar-refractivity contribution in [3.63, 3.8) is 0 Å². The number of benzene rings is 2. The fourth-order valence-electron chi connectivity index (χ4n) is 5.58. The summed E-state index contributed by atoms with van der Waals surface area (Å²) in [5.74, 6) is -0.478. The van der Waals surface area contributed by atoms with Gasteiger partial charge in [0.1, 0.15) is 11.6 Å². The summed E-state index contributed by atoms with van der Waals surface area (Å²) in [6.45, 7) is 5.20. The number of fused-ring (bicyclic) bond motifs is 1. The van der Waals surface area contributed by atoms with Crippen LogP contribution in [0.1, 0.15) is 40.1 Å². The largest absolute Gasteiger partial charge is 0.496 e. The maximum Gasteiger partial charge on any atom is 0.255 e. The summed E-state index contributed by atoms with van der Waals surface area (Å²) >= 11 is 0. The van der Waals surface area contributed by atoms with Gasteiger partial charge in [-0.25, -0.2) is 4.39 Å². The quantitative estimate of drug-likeness (QED) is 0.243. The Kier molecular flexibility index (Phi) is 8.14. The van der Waals surface area contributed by atoms with E-state index in [0.717, 1.165) is 17.2 Å². The normalized spacial score (nSPS) is 16.5. The molecule has 2 aromatic carbocycles. The molecule has 0 bridgehead atoms. The summed E-state index contributed by atoms with van der Waals surface area (Å²) in [4.78, 5) is 36.9. The molecule has 4 heterocycles. The number of hydrogen-bond acceptors (Lipinski definition) is 8. The monoisotopic (exact) mass is 609 g/mol. The summed E-state index contributed by atoms with van der Waals surface area (Å²) < 4.78 is 24.6. The van der Waals surface area contributed by atoms with Crippen LogP contribution in [-0.2, 0) is 11.3 Å². The molecule has 0 radical (unpaired) electrons. The van der Waals surface area contributed by atoms with Crippen molar-refractivity contribution in [2.24, 2.45) is 0 Å². The number of hydrogen-bond donors (Lipinski definition) is 3. The van der Waals surface area contributed by atoms with Crippen molar-refractivity contribution >= 4 is 28.5 Å². The van der Waals surface area contributed by atoms with Gasteiger partial charge in [-0.05, 0) is 49.7 Å². The first-order chi connectivity index (χ1) is 21.7. The second-order valence-corrected chi connectivity index (χ2v) is 11.0. The van der Waals surface area contributed by atoms with Crippen LogP contribution in [0.5, 0.6) is 5.75 Å². The summed E-state index contributed by atoms with van der Waals surface area (Å²) in [5, 5.41) is 10.7. The average Bonchev–Trinajstić information content (AvgIpc) is 3.44. The Bertz CT molecular complexity index is 1870. The highest BCUT2D eigenvalue weighted by molar-refractivity contribution is 6.06. The molecule has 230 valence electrons. The molecule has 4 N–H and O–H groups in total. The van der Waals surface area contributed by atoms with Crippen molar-refractivity contribution in [2.45, 2.75) is 32.6 Å². The SMILES string of the molecule is COc1ccc(F)cc1C(=O)NCc1ccc(-c2ncc(-c3ccc(C(=O)N4C[C@@H](C)O[C@H](C)C4)cn3)c3[nH]nc(N)c23)cc1. The Balaban J connectivity index is 1.20. The number of aromatic amines is 1. The lowest BCUT2D eigenvalue weighted by Gasteiger charge is -2.35. The molecular formula is C33H32FN7O4. The summed E-state index contributed by atoms with van der Waals surface area (Å²) in [7, 11) is 1.43. The summed E-state index contributed by atoms with van der Waals surface area (Å²) in [6, 6.07) is 14.8. The zero-order valence-electron chi connectivity index (χ0n) is 25.0. The lowest BCUT2D eigenvalue weighted by Crippen LogP contribution is -2.48. The number of methoxy groups -OCH3 is 1. The van der Waals surface area contributed by atoms with E-state index in [1.165, 1.54) is 19.2 Å². The molecule has 3 aromatic heterocycles. The third-order valence-electron chi connectivity index (χ3n) is 7.70. The number of pyridine rings is 2. The number of rotatable bonds is 7. The molecule has 1 fully saturated rings. The van der Waals surface area contributed by atoms with Gasteiger partial charge in [-0.1, -0.05) is 24.3 Å². The number of H-pyrrole nitrogens is 1. The van der Waals surface area contributed by atoms with Gasteiger partial charge < -0.3 is 25.4 Å². The number of morpholine rings is 1. The van der Waals surface area contributed by atoms with Gasteiger partial charge in [0.2, 0.25) is 0 Å². The lowest BCUT2D eigenvalue weighted by molar-refractivity contribution is -0.0586. The topological polar surface area (TPSA) is 148 Å². The standard InChI is InChI=1S/C33H32FN7O4/c1-18-16-41(17-19(2)45-18)33(43)22-8-10-26(36-14-22)25-15-37-29(28-30(25)39-40-31(28)35)21-6-4-20(5-7-21)13-38-32(42)24-12-23(34)9-11-27(24)44-3/h4-12,14-15,18-19H,13,16-17H2,1-3H3,(H,38,42)(H3,35,39,40)/t18-,19-/m1/s1.